The molecule has 114 valence electrons. The lowest BCUT2D eigenvalue weighted by atomic mass is 10.0. The van der Waals surface area contributed by atoms with Gasteiger partial charge in [-0.3, -0.25) is 9.78 Å². The fraction of sp³-hybridized carbons (Fsp3) is 0.312. The highest BCUT2D eigenvalue weighted by Crippen LogP contribution is 2.17. The Morgan fingerprint density at radius 3 is 2.64 bits per heavy atom. The number of hydrogen-bond acceptors (Lipinski definition) is 3. The SMILES string of the molecule is O=C(NC1CCN(C(=O)O)CC1)c1cccc2cccnc12. The third kappa shape index (κ3) is 2.86. The fourth-order valence-electron chi connectivity index (χ4n) is 2.77. The Morgan fingerprint density at radius 1 is 1.18 bits per heavy atom. The molecular formula is C16H17N3O3. The van der Waals surface area contributed by atoms with Gasteiger partial charge in [-0.2, -0.15) is 0 Å². The third-order valence-corrected chi connectivity index (χ3v) is 3.98. The first-order valence-electron chi connectivity index (χ1n) is 7.27. The van der Waals surface area contributed by atoms with Crippen LogP contribution in [0.1, 0.15) is 23.2 Å². The van der Waals surface area contributed by atoms with Gasteiger partial charge in [0.1, 0.15) is 0 Å². The van der Waals surface area contributed by atoms with Gasteiger partial charge >= 0.3 is 6.09 Å². The average Bonchev–Trinajstić information content (AvgIpc) is 2.54. The van der Waals surface area contributed by atoms with Crippen LogP contribution in [0.2, 0.25) is 0 Å². The van der Waals surface area contributed by atoms with Gasteiger partial charge in [0.2, 0.25) is 0 Å². The van der Waals surface area contributed by atoms with Crippen molar-refractivity contribution in [2.75, 3.05) is 13.1 Å². The molecule has 1 aromatic carbocycles. The maximum atomic E-state index is 12.5. The molecule has 6 nitrogen and oxygen atoms in total. The molecule has 0 bridgehead atoms. The molecule has 1 aromatic heterocycles. The van der Waals surface area contributed by atoms with Crippen LogP contribution in [0.15, 0.2) is 36.5 Å². The van der Waals surface area contributed by atoms with E-state index >= 15 is 0 Å². The lowest BCUT2D eigenvalue weighted by Crippen LogP contribution is -2.46. The highest BCUT2D eigenvalue weighted by Gasteiger charge is 2.24. The Kier molecular flexibility index (Phi) is 3.91. The molecule has 2 aromatic rings. The summed E-state index contributed by atoms with van der Waals surface area (Å²) in [6.45, 7) is 0.905. The minimum absolute atomic E-state index is 0.00192. The molecule has 0 unspecified atom stereocenters. The van der Waals surface area contributed by atoms with Crippen LogP contribution in [0.4, 0.5) is 4.79 Å². The van der Waals surface area contributed by atoms with Gasteiger partial charge in [0.05, 0.1) is 11.1 Å². The van der Waals surface area contributed by atoms with Gasteiger partial charge in [0.15, 0.2) is 0 Å². The minimum atomic E-state index is -0.900. The predicted octanol–water partition coefficient (Wildman–Crippen LogP) is 2.11. The van der Waals surface area contributed by atoms with Gasteiger partial charge in [0, 0.05) is 30.7 Å². The number of amides is 2. The van der Waals surface area contributed by atoms with E-state index in [2.05, 4.69) is 10.3 Å². The molecule has 2 amide bonds. The number of fused-ring (bicyclic) bond motifs is 1. The summed E-state index contributed by atoms with van der Waals surface area (Å²) in [7, 11) is 0. The second-order valence-electron chi connectivity index (χ2n) is 5.40. The Morgan fingerprint density at radius 2 is 1.91 bits per heavy atom. The minimum Gasteiger partial charge on any atom is -0.465 e. The van der Waals surface area contributed by atoms with Crippen molar-refractivity contribution >= 4 is 22.9 Å². The Balaban J connectivity index is 1.71. The molecule has 2 N–H and O–H groups in total. The number of para-hydroxylation sites is 1. The monoisotopic (exact) mass is 299 g/mol. The van der Waals surface area contributed by atoms with Crippen LogP contribution < -0.4 is 5.32 Å². The van der Waals surface area contributed by atoms with Crippen molar-refractivity contribution in [2.24, 2.45) is 0 Å². The topological polar surface area (TPSA) is 82.5 Å². The van der Waals surface area contributed by atoms with Crippen molar-refractivity contribution in [3.63, 3.8) is 0 Å². The second kappa shape index (κ2) is 6.01. The first-order valence-corrected chi connectivity index (χ1v) is 7.27. The smallest absolute Gasteiger partial charge is 0.407 e. The number of carboxylic acid groups (broad SMARTS) is 1. The predicted molar refractivity (Wildman–Crippen MR) is 81.8 cm³/mol. The number of aromatic nitrogens is 1. The van der Waals surface area contributed by atoms with Crippen molar-refractivity contribution in [2.45, 2.75) is 18.9 Å². The number of hydrogen-bond donors (Lipinski definition) is 2. The fourth-order valence-corrected chi connectivity index (χ4v) is 2.77. The van der Waals surface area contributed by atoms with E-state index in [0.29, 0.717) is 37.0 Å². The maximum Gasteiger partial charge on any atom is 0.407 e. The van der Waals surface area contributed by atoms with E-state index in [4.69, 9.17) is 5.11 Å². The highest BCUT2D eigenvalue weighted by molar-refractivity contribution is 6.05. The van der Waals surface area contributed by atoms with Crippen molar-refractivity contribution in [3.8, 4) is 0 Å². The number of piperidine rings is 1. The van der Waals surface area contributed by atoms with Crippen LogP contribution >= 0.6 is 0 Å². The molecule has 0 radical (unpaired) electrons. The summed E-state index contributed by atoms with van der Waals surface area (Å²) in [5.41, 5.74) is 1.24. The molecular weight excluding hydrogens is 282 g/mol. The van der Waals surface area contributed by atoms with Crippen LogP contribution in [-0.2, 0) is 0 Å². The molecule has 3 rings (SSSR count). The van der Waals surface area contributed by atoms with E-state index in [1.807, 2.05) is 24.3 Å². The zero-order valence-corrected chi connectivity index (χ0v) is 12.0. The number of carbonyl (C=O) groups is 2. The number of nitrogens with zero attached hydrogens (tertiary/aromatic N) is 2. The summed E-state index contributed by atoms with van der Waals surface area (Å²) < 4.78 is 0. The molecule has 1 aliphatic heterocycles. The lowest BCUT2D eigenvalue weighted by Gasteiger charge is -2.30. The number of nitrogens with one attached hydrogen (secondary N) is 1. The van der Waals surface area contributed by atoms with E-state index in [0.717, 1.165) is 5.39 Å². The van der Waals surface area contributed by atoms with Crippen LogP contribution in [-0.4, -0.2) is 46.1 Å². The number of benzene rings is 1. The summed E-state index contributed by atoms with van der Waals surface area (Å²) in [5, 5.41) is 12.8. The highest BCUT2D eigenvalue weighted by atomic mass is 16.4. The zero-order chi connectivity index (χ0) is 15.5. The van der Waals surface area contributed by atoms with E-state index in [-0.39, 0.29) is 11.9 Å². The molecule has 0 saturated carbocycles. The van der Waals surface area contributed by atoms with Crippen LogP contribution in [0, 0.1) is 0 Å². The van der Waals surface area contributed by atoms with Crippen LogP contribution in [0.3, 0.4) is 0 Å². The second-order valence-corrected chi connectivity index (χ2v) is 5.40. The molecule has 1 aliphatic rings. The van der Waals surface area contributed by atoms with E-state index < -0.39 is 6.09 Å². The number of carbonyl (C=O) groups excluding carboxylic acids is 1. The first kappa shape index (κ1) is 14.3. The van der Waals surface area contributed by atoms with Crippen molar-refractivity contribution in [3.05, 3.63) is 42.1 Å². The Hall–Kier alpha value is -2.63. The largest absolute Gasteiger partial charge is 0.465 e. The molecule has 0 aliphatic carbocycles. The quantitative estimate of drug-likeness (QED) is 0.889. The van der Waals surface area contributed by atoms with Gasteiger partial charge in [0.25, 0.3) is 5.91 Å². The van der Waals surface area contributed by atoms with Crippen molar-refractivity contribution in [1.29, 1.82) is 0 Å². The molecule has 0 spiro atoms. The zero-order valence-electron chi connectivity index (χ0n) is 12.0. The molecule has 2 heterocycles. The van der Waals surface area contributed by atoms with Crippen LogP contribution in [0.25, 0.3) is 10.9 Å². The summed E-state index contributed by atoms with van der Waals surface area (Å²) in [4.78, 5) is 29.0. The molecule has 1 saturated heterocycles. The first-order chi connectivity index (χ1) is 10.6. The maximum absolute atomic E-state index is 12.5. The van der Waals surface area contributed by atoms with Crippen LogP contribution in [0.5, 0.6) is 0 Å². The van der Waals surface area contributed by atoms with Gasteiger partial charge in [-0.1, -0.05) is 18.2 Å². The van der Waals surface area contributed by atoms with Gasteiger partial charge in [-0.25, -0.2) is 4.79 Å². The molecule has 22 heavy (non-hydrogen) atoms. The molecule has 0 atom stereocenters. The number of rotatable bonds is 2. The summed E-state index contributed by atoms with van der Waals surface area (Å²) >= 11 is 0. The van der Waals surface area contributed by atoms with Gasteiger partial charge < -0.3 is 15.3 Å². The molecule has 1 fully saturated rings. The number of pyridine rings is 1. The number of likely N-dealkylation sites (tertiary alicyclic amines) is 1. The van der Waals surface area contributed by atoms with E-state index in [9.17, 15) is 9.59 Å². The standard InChI is InChI=1S/C16H17N3O3/c20-15(18-12-6-9-19(10-7-12)16(21)22)13-5-1-3-11-4-2-8-17-14(11)13/h1-5,8,12H,6-7,9-10H2,(H,18,20)(H,21,22). The van der Waals surface area contributed by atoms with E-state index in [1.165, 1.54) is 4.90 Å². The van der Waals surface area contributed by atoms with Crippen molar-refractivity contribution < 1.29 is 14.7 Å². The Labute approximate surface area is 127 Å². The third-order valence-electron chi connectivity index (χ3n) is 3.98. The summed E-state index contributed by atoms with van der Waals surface area (Å²) in [6.07, 6.45) is 2.04. The van der Waals surface area contributed by atoms with E-state index in [1.54, 1.807) is 12.3 Å². The van der Waals surface area contributed by atoms with Gasteiger partial charge in [-0.15, -0.1) is 0 Å². The normalized spacial score (nSPS) is 15.7. The van der Waals surface area contributed by atoms with Crippen molar-refractivity contribution in [1.82, 2.24) is 15.2 Å². The summed E-state index contributed by atoms with van der Waals surface area (Å²) in [5.74, 6) is -0.155. The molecule has 6 heteroatoms. The lowest BCUT2D eigenvalue weighted by molar-refractivity contribution is 0.0909. The Bertz CT molecular complexity index is 703. The van der Waals surface area contributed by atoms with Gasteiger partial charge in [-0.05, 0) is 25.0 Å². The average molecular weight is 299 g/mol. The summed E-state index contributed by atoms with van der Waals surface area (Å²) in [6, 6.07) is 9.28.